The number of phenols is 1. The number of aliphatic carboxylic acids is 1. The van der Waals surface area contributed by atoms with Gasteiger partial charge in [0, 0.05) is 6.42 Å². The largest absolute Gasteiger partial charge is 0.508 e. The second-order valence-electron chi connectivity index (χ2n) is 5.36. The molecule has 0 saturated heterocycles. The quantitative estimate of drug-likeness (QED) is 0.509. The van der Waals surface area contributed by atoms with Gasteiger partial charge in [0.25, 0.3) is 0 Å². The van der Waals surface area contributed by atoms with Gasteiger partial charge >= 0.3 is 11.9 Å². The molecule has 1 aromatic rings. The lowest BCUT2D eigenvalue weighted by Crippen LogP contribution is -2.58. The Labute approximate surface area is 133 Å². The molecule has 5 N–H and O–H groups in total. The van der Waals surface area contributed by atoms with Crippen molar-refractivity contribution in [1.29, 1.82) is 0 Å². The molecule has 0 aromatic heterocycles. The third kappa shape index (κ3) is 5.26. The second kappa shape index (κ2) is 7.59. The minimum absolute atomic E-state index is 0.0704. The van der Waals surface area contributed by atoms with Gasteiger partial charge in [0.2, 0.25) is 5.91 Å². The first-order valence-corrected chi connectivity index (χ1v) is 6.83. The highest BCUT2D eigenvalue weighted by atomic mass is 16.5. The zero-order valence-electron chi connectivity index (χ0n) is 12.9. The van der Waals surface area contributed by atoms with Gasteiger partial charge in [0.05, 0.1) is 19.6 Å². The predicted octanol–water partition coefficient (Wildman–Crippen LogP) is -0.215. The molecule has 0 unspecified atom stereocenters. The minimum atomic E-state index is -1.42. The standard InChI is InChI=1S/C15H20N2O6/c1-15(14(22)23-2,8-9-3-5-10(18)6-4-9)17-13(21)11(16)7-12(19)20/h3-6,11,18H,7-8,16H2,1-2H3,(H,17,21)(H,19,20)/t11-,15-/m0/s1. The van der Waals surface area contributed by atoms with E-state index in [0.29, 0.717) is 5.56 Å². The number of amides is 1. The molecular weight excluding hydrogens is 304 g/mol. The number of carbonyl (C=O) groups is 3. The van der Waals surface area contributed by atoms with E-state index in [9.17, 15) is 19.5 Å². The van der Waals surface area contributed by atoms with Crippen LogP contribution in [0.15, 0.2) is 24.3 Å². The van der Waals surface area contributed by atoms with Gasteiger partial charge in [-0.1, -0.05) is 12.1 Å². The fourth-order valence-corrected chi connectivity index (χ4v) is 2.06. The molecule has 0 bridgehead atoms. The highest BCUT2D eigenvalue weighted by molar-refractivity contribution is 5.92. The molecule has 0 heterocycles. The van der Waals surface area contributed by atoms with Gasteiger partial charge in [-0.3, -0.25) is 9.59 Å². The average molecular weight is 324 g/mol. The highest BCUT2D eigenvalue weighted by Gasteiger charge is 2.37. The van der Waals surface area contributed by atoms with Crippen molar-refractivity contribution in [2.45, 2.75) is 31.3 Å². The van der Waals surface area contributed by atoms with E-state index in [1.54, 1.807) is 12.1 Å². The first kappa shape index (κ1) is 18.4. The van der Waals surface area contributed by atoms with E-state index in [1.165, 1.54) is 26.2 Å². The summed E-state index contributed by atoms with van der Waals surface area (Å²) in [5, 5.41) is 20.4. The number of carbonyl (C=O) groups excluding carboxylic acids is 2. The van der Waals surface area contributed by atoms with Crippen molar-refractivity contribution >= 4 is 17.8 Å². The van der Waals surface area contributed by atoms with E-state index in [-0.39, 0.29) is 12.2 Å². The molecule has 8 heteroatoms. The minimum Gasteiger partial charge on any atom is -0.508 e. The van der Waals surface area contributed by atoms with Gasteiger partial charge in [-0.15, -0.1) is 0 Å². The van der Waals surface area contributed by atoms with Crippen LogP contribution in [0.4, 0.5) is 0 Å². The summed E-state index contributed by atoms with van der Waals surface area (Å²) in [6.45, 7) is 1.46. The lowest BCUT2D eigenvalue weighted by molar-refractivity contribution is -0.150. The van der Waals surface area contributed by atoms with Gasteiger partial charge in [-0.2, -0.15) is 0 Å². The molecule has 1 amide bonds. The fourth-order valence-electron chi connectivity index (χ4n) is 2.06. The Morgan fingerprint density at radius 3 is 2.35 bits per heavy atom. The molecule has 0 spiro atoms. The zero-order valence-corrected chi connectivity index (χ0v) is 12.9. The maximum atomic E-state index is 12.0. The van der Waals surface area contributed by atoms with Crippen LogP contribution in [0, 0.1) is 0 Å². The first-order valence-electron chi connectivity index (χ1n) is 6.83. The molecule has 0 aliphatic heterocycles. The number of methoxy groups -OCH3 is 1. The van der Waals surface area contributed by atoms with Crippen molar-refractivity contribution in [1.82, 2.24) is 5.32 Å². The second-order valence-corrected chi connectivity index (χ2v) is 5.36. The van der Waals surface area contributed by atoms with Gasteiger partial charge in [0.15, 0.2) is 0 Å². The predicted molar refractivity (Wildman–Crippen MR) is 80.6 cm³/mol. The Kier molecular flexibility index (Phi) is 6.09. The number of phenolic OH excluding ortho intramolecular Hbond substituents is 1. The van der Waals surface area contributed by atoms with Crippen LogP contribution in [0.2, 0.25) is 0 Å². The molecule has 1 rings (SSSR count). The summed E-state index contributed by atoms with van der Waals surface area (Å²) in [4.78, 5) is 34.7. The summed E-state index contributed by atoms with van der Waals surface area (Å²) in [7, 11) is 1.18. The fraction of sp³-hybridized carbons (Fsp3) is 0.400. The highest BCUT2D eigenvalue weighted by Crippen LogP contribution is 2.18. The van der Waals surface area contributed by atoms with Gasteiger partial charge in [-0.05, 0) is 24.6 Å². The summed E-state index contributed by atoms with van der Waals surface area (Å²) < 4.78 is 4.71. The number of carboxylic acid groups (broad SMARTS) is 1. The number of nitrogens with one attached hydrogen (secondary N) is 1. The molecule has 1 aromatic carbocycles. The Bertz CT molecular complexity index is 586. The Morgan fingerprint density at radius 2 is 1.87 bits per heavy atom. The molecule has 0 fully saturated rings. The normalized spacial score (nSPS) is 14.4. The zero-order chi connectivity index (χ0) is 17.6. The summed E-state index contributed by atoms with van der Waals surface area (Å²) in [6.07, 6.45) is -0.465. The van der Waals surface area contributed by atoms with Crippen molar-refractivity contribution in [2.24, 2.45) is 5.73 Å². The van der Waals surface area contributed by atoms with Gasteiger partial charge < -0.3 is 26.0 Å². The number of hydrogen-bond donors (Lipinski definition) is 4. The Balaban J connectivity index is 2.93. The SMILES string of the molecule is COC(=O)[C@](C)(Cc1ccc(O)cc1)NC(=O)[C@@H](N)CC(=O)O. The number of benzene rings is 1. The number of nitrogens with two attached hydrogens (primary N) is 1. The molecule has 8 nitrogen and oxygen atoms in total. The maximum Gasteiger partial charge on any atom is 0.331 e. The lowest BCUT2D eigenvalue weighted by Gasteiger charge is -2.29. The van der Waals surface area contributed by atoms with E-state index in [1.807, 2.05) is 0 Å². The molecule has 2 atom stereocenters. The maximum absolute atomic E-state index is 12.0. The van der Waals surface area contributed by atoms with Crippen LogP contribution >= 0.6 is 0 Å². The van der Waals surface area contributed by atoms with Crippen molar-refractivity contribution in [3.05, 3.63) is 29.8 Å². The molecular formula is C15H20N2O6. The summed E-state index contributed by atoms with van der Waals surface area (Å²) in [5.74, 6) is -2.60. The number of rotatable bonds is 7. The van der Waals surface area contributed by atoms with Crippen molar-refractivity contribution in [3.8, 4) is 5.75 Å². The third-order valence-electron chi connectivity index (χ3n) is 3.26. The number of esters is 1. The van der Waals surface area contributed by atoms with Gasteiger partial charge in [-0.25, -0.2) is 4.79 Å². The molecule has 0 aliphatic carbocycles. The van der Waals surface area contributed by atoms with E-state index in [0.717, 1.165) is 0 Å². The Morgan fingerprint density at radius 1 is 1.30 bits per heavy atom. The topological polar surface area (TPSA) is 139 Å². The van der Waals surface area contributed by atoms with E-state index < -0.39 is 35.8 Å². The van der Waals surface area contributed by atoms with E-state index in [4.69, 9.17) is 15.6 Å². The number of ether oxygens (including phenoxy) is 1. The van der Waals surface area contributed by atoms with Crippen LogP contribution in [0.3, 0.4) is 0 Å². The van der Waals surface area contributed by atoms with Crippen LogP contribution in [0.5, 0.6) is 5.75 Å². The number of aromatic hydroxyl groups is 1. The third-order valence-corrected chi connectivity index (χ3v) is 3.26. The summed E-state index contributed by atoms with van der Waals surface area (Å²) >= 11 is 0. The van der Waals surface area contributed by atoms with Crippen molar-refractivity contribution in [2.75, 3.05) is 7.11 Å². The van der Waals surface area contributed by atoms with Crippen LogP contribution in [0.1, 0.15) is 18.9 Å². The lowest BCUT2D eigenvalue weighted by atomic mass is 9.92. The molecule has 126 valence electrons. The van der Waals surface area contributed by atoms with Crippen LogP contribution in [0.25, 0.3) is 0 Å². The number of hydrogen-bond acceptors (Lipinski definition) is 6. The molecule has 0 radical (unpaired) electrons. The Hall–Kier alpha value is -2.61. The van der Waals surface area contributed by atoms with Crippen LogP contribution in [-0.4, -0.2) is 46.7 Å². The van der Waals surface area contributed by atoms with Crippen molar-refractivity contribution in [3.63, 3.8) is 0 Å². The van der Waals surface area contributed by atoms with Crippen LogP contribution < -0.4 is 11.1 Å². The van der Waals surface area contributed by atoms with E-state index >= 15 is 0 Å². The van der Waals surface area contributed by atoms with Gasteiger partial charge in [0.1, 0.15) is 11.3 Å². The summed E-state index contributed by atoms with van der Waals surface area (Å²) in [5.41, 5.74) is 4.75. The molecule has 0 aliphatic rings. The molecule has 0 saturated carbocycles. The van der Waals surface area contributed by atoms with E-state index in [2.05, 4.69) is 5.32 Å². The molecule has 23 heavy (non-hydrogen) atoms. The summed E-state index contributed by atoms with van der Waals surface area (Å²) in [6, 6.07) is 4.81. The smallest absolute Gasteiger partial charge is 0.331 e. The monoisotopic (exact) mass is 324 g/mol. The van der Waals surface area contributed by atoms with Crippen molar-refractivity contribution < 1.29 is 29.3 Å². The number of carboxylic acids is 1. The average Bonchev–Trinajstić information content (AvgIpc) is 2.47. The first-order chi connectivity index (χ1) is 10.7. The van der Waals surface area contributed by atoms with Crippen LogP contribution in [-0.2, 0) is 25.5 Å².